The minimum atomic E-state index is -0.419. The largest absolute Gasteiger partial charge is 0.444 e. The molecule has 1 heterocycles. The Morgan fingerprint density at radius 2 is 2.20 bits per heavy atom. The first kappa shape index (κ1) is 12.3. The lowest BCUT2D eigenvalue weighted by molar-refractivity contribution is 0.0494. The van der Waals surface area contributed by atoms with Crippen molar-refractivity contribution >= 4 is 6.09 Å². The molecular formula is C11H22N2O2. The standard InChI is InChI=1S/C11H22N2O2/c1-8(9-5-6-12-7-9)13-10(14)15-11(2,3)4/h8-9,12H,5-7H2,1-4H3,(H,13,14)/t8-,9-/m1/s1. The number of hydrogen-bond donors (Lipinski definition) is 2. The molecule has 0 bridgehead atoms. The summed E-state index contributed by atoms with van der Waals surface area (Å²) >= 11 is 0. The van der Waals surface area contributed by atoms with E-state index < -0.39 is 5.60 Å². The molecule has 1 saturated heterocycles. The number of rotatable bonds is 2. The average Bonchev–Trinajstić information content (AvgIpc) is 2.50. The first-order valence-corrected chi connectivity index (χ1v) is 5.59. The normalized spacial score (nSPS) is 23.6. The highest BCUT2D eigenvalue weighted by Gasteiger charge is 2.24. The third kappa shape index (κ3) is 4.51. The Labute approximate surface area is 91.8 Å². The summed E-state index contributed by atoms with van der Waals surface area (Å²) in [6.45, 7) is 9.67. The van der Waals surface area contributed by atoms with Crippen molar-refractivity contribution in [3.05, 3.63) is 0 Å². The quantitative estimate of drug-likeness (QED) is 0.732. The lowest BCUT2D eigenvalue weighted by Crippen LogP contribution is -2.41. The van der Waals surface area contributed by atoms with Crippen molar-refractivity contribution in [2.75, 3.05) is 13.1 Å². The molecule has 1 aliphatic rings. The molecule has 0 unspecified atom stereocenters. The second-order valence-corrected chi connectivity index (χ2v) is 5.19. The van der Waals surface area contributed by atoms with Crippen LogP contribution in [-0.2, 0) is 4.74 Å². The number of hydrogen-bond acceptors (Lipinski definition) is 3. The highest BCUT2D eigenvalue weighted by molar-refractivity contribution is 5.68. The molecule has 0 aliphatic carbocycles. The van der Waals surface area contributed by atoms with E-state index in [0.717, 1.165) is 19.5 Å². The Morgan fingerprint density at radius 1 is 1.53 bits per heavy atom. The van der Waals surface area contributed by atoms with Crippen molar-refractivity contribution in [3.63, 3.8) is 0 Å². The summed E-state index contributed by atoms with van der Waals surface area (Å²) in [4.78, 5) is 11.5. The number of nitrogens with one attached hydrogen (secondary N) is 2. The molecule has 0 aromatic heterocycles. The molecule has 1 fully saturated rings. The van der Waals surface area contributed by atoms with Crippen LogP contribution in [0.15, 0.2) is 0 Å². The van der Waals surface area contributed by atoms with Crippen LogP contribution >= 0.6 is 0 Å². The third-order valence-corrected chi connectivity index (χ3v) is 2.55. The number of amides is 1. The Morgan fingerprint density at radius 3 is 2.67 bits per heavy atom. The monoisotopic (exact) mass is 214 g/mol. The molecule has 0 saturated carbocycles. The van der Waals surface area contributed by atoms with E-state index in [1.165, 1.54) is 0 Å². The minimum Gasteiger partial charge on any atom is -0.444 e. The molecular weight excluding hydrogens is 192 g/mol. The summed E-state index contributed by atoms with van der Waals surface area (Å²) in [6, 6.07) is 0.176. The van der Waals surface area contributed by atoms with Crippen LogP contribution in [0, 0.1) is 5.92 Å². The maximum absolute atomic E-state index is 11.5. The van der Waals surface area contributed by atoms with Gasteiger partial charge in [-0.2, -0.15) is 0 Å². The fourth-order valence-electron chi connectivity index (χ4n) is 1.72. The molecule has 88 valence electrons. The summed E-state index contributed by atoms with van der Waals surface area (Å²) in [5.74, 6) is 0.525. The predicted octanol–water partition coefficient (Wildman–Crippen LogP) is 1.51. The predicted molar refractivity (Wildman–Crippen MR) is 59.8 cm³/mol. The van der Waals surface area contributed by atoms with Gasteiger partial charge in [-0.1, -0.05) is 0 Å². The Kier molecular flexibility index (Phi) is 3.97. The smallest absolute Gasteiger partial charge is 0.407 e. The SMILES string of the molecule is C[C@@H](NC(=O)OC(C)(C)C)[C@@H]1CCNC1. The van der Waals surface area contributed by atoms with E-state index in [9.17, 15) is 4.79 Å². The van der Waals surface area contributed by atoms with Gasteiger partial charge in [0.15, 0.2) is 0 Å². The van der Waals surface area contributed by atoms with Gasteiger partial charge in [0.05, 0.1) is 0 Å². The van der Waals surface area contributed by atoms with E-state index in [4.69, 9.17) is 4.74 Å². The molecule has 0 spiro atoms. The lowest BCUT2D eigenvalue weighted by atomic mass is 10.0. The number of alkyl carbamates (subject to hydrolysis) is 1. The summed E-state index contributed by atoms with van der Waals surface area (Å²) in [5, 5.41) is 6.16. The number of ether oxygens (including phenoxy) is 1. The highest BCUT2D eigenvalue weighted by atomic mass is 16.6. The fourth-order valence-corrected chi connectivity index (χ4v) is 1.72. The van der Waals surface area contributed by atoms with Gasteiger partial charge in [0.1, 0.15) is 5.60 Å². The number of carbonyl (C=O) groups excluding carboxylic acids is 1. The van der Waals surface area contributed by atoms with Crippen molar-refractivity contribution in [1.29, 1.82) is 0 Å². The van der Waals surface area contributed by atoms with E-state index in [0.29, 0.717) is 5.92 Å². The minimum absolute atomic E-state index is 0.176. The van der Waals surface area contributed by atoms with Crippen molar-refractivity contribution in [2.24, 2.45) is 5.92 Å². The zero-order valence-electron chi connectivity index (χ0n) is 10.1. The van der Waals surface area contributed by atoms with Crippen LogP contribution in [0.25, 0.3) is 0 Å². The van der Waals surface area contributed by atoms with E-state index in [2.05, 4.69) is 10.6 Å². The number of carbonyl (C=O) groups is 1. The van der Waals surface area contributed by atoms with Gasteiger partial charge in [-0.15, -0.1) is 0 Å². The topological polar surface area (TPSA) is 50.4 Å². The fraction of sp³-hybridized carbons (Fsp3) is 0.909. The zero-order valence-corrected chi connectivity index (χ0v) is 10.1. The van der Waals surface area contributed by atoms with Crippen LogP contribution in [-0.4, -0.2) is 30.8 Å². The second-order valence-electron chi connectivity index (χ2n) is 5.19. The Bertz CT molecular complexity index is 217. The van der Waals surface area contributed by atoms with Crippen LogP contribution < -0.4 is 10.6 Å². The molecule has 4 nitrogen and oxygen atoms in total. The molecule has 0 aromatic carbocycles. The van der Waals surface area contributed by atoms with Crippen molar-refractivity contribution in [2.45, 2.75) is 45.8 Å². The molecule has 1 amide bonds. The van der Waals surface area contributed by atoms with Gasteiger partial charge in [-0.05, 0) is 53.1 Å². The summed E-state index contributed by atoms with van der Waals surface area (Å²) < 4.78 is 5.20. The molecule has 2 atom stereocenters. The van der Waals surface area contributed by atoms with E-state index in [1.807, 2.05) is 27.7 Å². The summed E-state index contributed by atoms with van der Waals surface area (Å²) in [6.07, 6.45) is 0.804. The highest BCUT2D eigenvalue weighted by Crippen LogP contribution is 2.13. The lowest BCUT2D eigenvalue weighted by Gasteiger charge is -2.24. The molecule has 1 aliphatic heterocycles. The summed E-state index contributed by atoms with van der Waals surface area (Å²) in [7, 11) is 0. The van der Waals surface area contributed by atoms with Crippen LogP contribution in [0.2, 0.25) is 0 Å². The van der Waals surface area contributed by atoms with Gasteiger partial charge in [0.25, 0.3) is 0 Å². The van der Waals surface area contributed by atoms with Crippen molar-refractivity contribution in [3.8, 4) is 0 Å². The van der Waals surface area contributed by atoms with E-state index in [1.54, 1.807) is 0 Å². The molecule has 0 radical (unpaired) electrons. The molecule has 2 N–H and O–H groups in total. The van der Waals surface area contributed by atoms with Crippen LogP contribution in [0.5, 0.6) is 0 Å². The van der Waals surface area contributed by atoms with Crippen molar-refractivity contribution < 1.29 is 9.53 Å². The Hall–Kier alpha value is -0.770. The average molecular weight is 214 g/mol. The second kappa shape index (κ2) is 4.84. The first-order valence-electron chi connectivity index (χ1n) is 5.59. The van der Waals surface area contributed by atoms with Gasteiger partial charge in [0.2, 0.25) is 0 Å². The summed E-state index contributed by atoms with van der Waals surface area (Å²) in [5.41, 5.74) is -0.419. The first-order chi connectivity index (χ1) is 6.88. The zero-order chi connectivity index (χ0) is 11.5. The van der Waals surface area contributed by atoms with Crippen molar-refractivity contribution in [1.82, 2.24) is 10.6 Å². The van der Waals surface area contributed by atoms with Gasteiger partial charge < -0.3 is 15.4 Å². The maximum Gasteiger partial charge on any atom is 0.407 e. The molecule has 0 aromatic rings. The molecule has 4 heteroatoms. The van der Waals surface area contributed by atoms with Crippen LogP contribution in [0.4, 0.5) is 4.79 Å². The van der Waals surface area contributed by atoms with Crippen LogP contribution in [0.1, 0.15) is 34.1 Å². The van der Waals surface area contributed by atoms with E-state index >= 15 is 0 Å². The van der Waals surface area contributed by atoms with Gasteiger partial charge in [-0.3, -0.25) is 0 Å². The van der Waals surface area contributed by atoms with Gasteiger partial charge in [-0.25, -0.2) is 4.79 Å². The van der Waals surface area contributed by atoms with Crippen LogP contribution in [0.3, 0.4) is 0 Å². The Balaban J connectivity index is 2.30. The van der Waals surface area contributed by atoms with Gasteiger partial charge >= 0.3 is 6.09 Å². The maximum atomic E-state index is 11.5. The third-order valence-electron chi connectivity index (χ3n) is 2.55. The van der Waals surface area contributed by atoms with E-state index in [-0.39, 0.29) is 12.1 Å². The molecule has 15 heavy (non-hydrogen) atoms. The molecule has 1 rings (SSSR count). The van der Waals surface area contributed by atoms with Gasteiger partial charge in [0, 0.05) is 6.04 Å².